The van der Waals surface area contributed by atoms with Crippen LogP contribution in [0, 0.1) is 0 Å². The molecule has 2 aromatic rings. The predicted octanol–water partition coefficient (Wildman–Crippen LogP) is 0.435. The topological polar surface area (TPSA) is 144 Å². The largest absolute Gasteiger partial charge is 0.501 e. The van der Waals surface area contributed by atoms with Crippen molar-refractivity contribution in [3.8, 4) is 5.75 Å². The quantitative estimate of drug-likeness (QED) is 0.709. The summed E-state index contributed by atoms with van der Waals surface area (Å²) < 4.78 is 11.9. The van der Waals surface area contributed by atoms with Gasteiger partial charge in [-0.05, 0) is 19.9 Å². The Morgan fingerprint density at radius 1 is 1.42 bits per heavy atom. The van der Waals surface area contributed by atoms with E-state index in [2.05, 4.69) is 10.3 Å². The molecule has 1 aliphatic heterocycles. The van der Waals surface area contributed by atoms with E-state index in [1.807, 2.05) is 0 Å². The van der Waals surface area contributed by atoms with E-state index in [1.165, 1.54) is 10.6 Å². The molecule has 3 N–H and O–H groups in total. The number of carbonyl (C=O) groups is 2. The van der Waals surface area contributed by atoms with Gasteiger partial charge in [-0.25, -0.2) is 9.78 Å². The minimum Gasteiger partial charge on any atom is -0.501 e. The van der Waals surface area contributed by atoms with Crippen LogP contribution >= 0.6 is 0 Å². The summed E-state index contributed by atoms with van der Waals surface area (Å²) in [6.07, 6.45) is 1.05. The highest BCUT2D eigenvalue weighted by atomic mass is 16.5. The normalized spacial score (nSPS) is 15.3. The van der Waals surface area contributed by atoms with Gasteiger partial charge >= 0.3 is 5.97 Å². The van der Waals surface area contributed by atoms with Crippen molar-refractivity contribution in [3.05, 3.63) is 45.5 Å². The van der Waals surface area contributed by atoms with E-state index in [-0.39, 0.29) is 36.8 Å². The molecule has 0 unspecified atom stereocenters. The Bertz CT molecular complexity index is 942. The van der Waals surface area contributed by atoms with Crippen LogP contribution in [0.25, 0.3) is 0 Å². The molecule has 3 heterocycles. The number of aromatic nitrogens is 2. The maximum atomic E-state index is 12.3. The molecule has 0 fully saturated rings. The molecule has 3 rings (SSSR count). The zero-order chi connectivity index (χ0) is 19.1. The number of hydrogen-bond donors (Lipinski definition) is 3. The number of furan rings is 1. The molecule has 0 spiro atoms. The molecule has 10 nitrogen and oxygen atoms in total. The van der Waals surface area contributed by atoms with Crippen molar-refractivity contribution in [2.45, 2.75) is 32.5 Å². The molecule has 0 bridgehead atoms. The smallest absolute Gasteiger partial charge is 0.338 e. The third-order valence-corrected chi connectivity index (χ3v) is 4.00. The number of amides is 1. The average Bonchev–Trinajstić information content (AvgIpc) is 3.05. The van der Waals surface area contributed by atoms with E-state index in [1.54, 1.807) is 13.8 Å². The van der Waals surface area contributed by atoms with E-state index >= 15 is 0 Å². The molecule has 10 heteroatoms. The first kappa shape index (κ1) is 17.7. The minimum atomic E-state index is -1.16. The molecule has 0 saturated carbocycles. The van der Waals surface area contributed by atoms with Crippen molar-refractivity contribution in [2.75, 3.05) is 6.61 Å². The van der Waals surface area contributed by atoms with Gasteiger partial charge in [0, 0.05) is 0 Å². The van der Waals surface area contributed by atoms with Crippen molar-refractivity contribution < 1.29 is 29.0 Å². The van der Waals surface area contributed by atoms with Crippen LogP contribution in [0.15, 0.2) is 21.5 Å². The van der Waals surface area contributed by atoms with Crippen molar-refractivity contribution in [2.24, 2.45) is 0 Å². The fraction of sp³-hybridized carbons (Fsp3) is 0.375. The van der Waals surface area contributed by atoms with Crippen LogP contribution in [0.1, 0.15) is 46.3 Å². The lowest BCUT2D eigenvalue weighted by molar-refractivity contribution is -0.0566. The number of fused-ring (bicyclic) bond motifs is 1. The highest BCUT2D eigenvalue weighted by molar-refractivity contribution is 5.94. The molecule has 0 aliphatic carbocycles. The van der Waals surface area contributed by atoms with E-state index < -0.39 is 34.5 Å². The van der Waals surface area contributed by atoms with Crippen LogP contribution in [0.4, 0.5) is 0 Å². The zero-order valence-corrected chi connectivity index (χ0v) is 14.1. The van der Waals surface area contributed by atoms with E-state index in [9.17, 15) is 19.5 Å². The second-order valence-corrected chi connectivity index (χ2v) is 6.24. The van der Waals surface area contributed by atoms with E-state index in [0.29, 0.717) is 0 Å². The SMILES string of the molecule is CC1(C)OCCn2c1nc(C(=O)NCc1cc(C(=O)O)co1)c(O)c2=O. The number of nitrogens with one attached hydrogen (secondary N) is 1. The van der Waals surface area contributed by atoms with E-state index in [0.717, 1.165) is 6.26 Å². The van der Waals surface area contributed by atoms with Gasteiger partial charge in [0.25, 0.3) is 11.5 Å². The molecule has 0 radical (unpaired) electrons. The van der Waals surface area contributed by atoms with Gasteiger partial charge in [-0.15, -0.1) is 0 Å². The van der Waals surface area contributed by atoms with Crippen LogP contribution in [0.3, 0.4) is 0 Å². The standard InChI is InChI=1S/C16H17N3O7/c1-16(2)15-18-10(11(20)13(22)19(15)3-4-26-16)12(21)17-6-9-5-8(7-25-9)14(23)24/h5,7,20H,3-4,6H2,1-2H3,(H,17,21)(H,23,24). The minimum absolute atomic E-state index is 0.0545. The molecule has 26 heavy (non-hydrogen) atoms. The number of carbonyl (C=O) groups excluding carboxylic acids is 1. The Kier molecular flexibility index (Phi) is 4.28. The highest BCUT2D eigenvalue weighted by Gasteiger charge is 2.34. The number of ether oxygens (including phenoxy) is 1. The van der Waals surface area contributed by atoms with Crippen LogP contribution in [-0.2, 0) is 23.4 Å². The fourth-order valence-electron chi connectivity index (χ4n) is 2.66. The van der Waals surface area contributed by atoms with Gasteiger partial charge in [0.05, 0.1) is 25.3 Å². The highest BCUT2D eigenvalue weighted by Crippen LogP contribution is 2.27. The molecule has 138 valence electrons. The Hall–Kier alpha value is -3.14. The Labute approximate surface area is 147 Å². The van der Waals surface area contributed by atoms with Gasteiger partial charge in [0.2, 0.25) is 5.75 Å². The van der Waals surface area contributed by atoms with Gasteiger partial charge in [0.15, 0.2) is 5.69 Å². The third-order valence-electron chi connectivity index (χ3n) is 4.00. The first-order valence-electron chi connectivity index (χ1n) is 7.78. The maximum absolute atomic E-state index is 12.3. The summed E-state index contributed by atoms with van der Waals surface area (Å²) in [6, 6.07) is 1.26. The third kappa shape index (κ3) is 3.06. The lowest BCUT2D eigenvalue weighted by atomic mass is 10.1. The first-order chi connectivity index (χ1) is 12.2. The van der Waals surface area contributed by atoms with Crippen molar-refractivity contribution in [1.29, 1.82) is 0 Å². The average molecular weight is 363 g/mol. The molecular weight excluding hydrogens is 346 g/mol. The molecular formula is C16H17N3O7. The molecule has 2 aromatic heterocycles. The summed E-state index contributed by atoms with van der Waals surface area (Å²) in [5.74, 6) is -2.26. The number of rotatable bonds is 4. The van der Waals surface area contributed by atoms with Crippen LogP contribution in [0.5, 0.6) is 5.75 Å². The second kappa shape index (κ2) is 6.30. The number of carboxylic acid groups (broad SMARTS) is 1. The van der Waals surface area contributed by atoms with Crippen molar-refractivity contribution in [3.63, 3.8) is 0 Å². The lowest BCUT2D eigenvalue weighted by Crippen LogP contribution is -2.42. The number of nitrogens with zero attached hydrogens (tertiary/aromatic N) is 2. The van der Waals surface area contributed by atoms with Gasteiger partial charge in [0.1, 0.15) is 23.4 Å². The second-order valence-electron chi connectivity index (χ2n) is 6.24. The van der Waals surface area contributed by atoms with Gasteiger partial charge in [-0.3, -0.25) is 14.2 Å². The fourth-order valence-corrected chi connectivity index (χ4v) is 2.66. The monoisotopic (exact) mass is 363 g/mol. The molecule has 1 aliphatic rings. The number of aromatic hydroxyl groups is 1. The number of aromatic carboxylic acids is 1. The molecule has 0 saturated heterocycles. The summed E-state index contributed by atoms with van der Waals surface area (Å²) in [6.45, 7) is 3.80. The van der Waals surface area contributed by atoms with Crippen molar-refractivity contribution >= 4 is 11.9 Å². The molecule has 0 aromatic carbocycles. The first-order valence-corrected chi connectivity index (χ1v) is 7.78. The van der Waals surface area contributed by atoms with Crippen LogP contribution in [0.2, 0.25) is 0 Å². The molecule has 0 atom stereocenters. The Morgan fingerprint density at radius 3 is 2.81 bits per heavy atom. The Balaban J connectivity index is 1.86. The zero-order valence-electron chi connectivity index (χ0n) is 14.1. The summed E-state index contributed by atoms with van der Waals surface area (Å²) in [5, 5.41) is 21.3. The number of carboxylic acids is 1. The maximum Gasteiger partial charge on any atom is 0.338 e. The summed E-state index contributed by atoms with van der Waals surface area (Å²) >= 11 is 0. The predicted molar refractivity (Wildman–Crippen MR) is 86.0 cm³/mol. The van der Waals surface area contributed by atoms with Gasteiger partial charge in [-0.2, -0.15) is 0 Å². The summed E-state index contributed by atoms with van der Waals surface area (Å²) in [7, 11) is 0. The van der Waals surface area contributed by atoms with Gasteiger partial charge in [-0.1, -0.05) is 0 Å². The number of hydrogen-bond acceptors (Lipinski definition) is 7. The lowest BCUT2D eigenvalue weighted by Gasteiger charge is -2.32. The summed E-state index contributed by atoms with van der Waals surface area (Å²) in [5.41, 5.74) is -2.09. The van der Waals surface area contributed by atoms with Crippen LogP contribution < -0.4 is 10.9 Å². The Morgan fingerprint density at radius 2 is 2.15 bits per heavy atom. The van der Waals surface area contributed by atoms with E-state index in [4.69, 9.17) is 14.3 Å². The van der Waals surface area contributed by atoms with Crippen molar-refractivity contribution in [1.82, 2.24) is 14.9 Å². The summed E-state index contributed by atoms with van der Waals surface area (Å²) in [4.78, 5) is 39.6. The molecule has 1 amide bonds. The van der Waals surface area contributed by atoms with Crippen LogP contribution in [-0.4, -0.2) is 38.2 Å². The van der Waals surface area contributed by atoms with Gasteiger partial charge < -0.3 is 24.7 Å².